The number of thiophene rings is 1. The fourth-order valence-electron chi connectivity index (χ4n) is 1.50. The van der Waals surface area contributed by atoms with Crippen LogP contribution in [0.3, 0.4) is 0 Å². The van der Waals surface area contributed by atoms with Crippen LogP contribution < -0.4 is 5.49 Å². The van der Waals surface area contributed by atoms with E-state index < -0.39 is 0 Å². The predicted molar refractivity (Wildman–Crippen MR) is 69.2 cm³/mol. The van der Waals surface area contributed by atoms with E-state index in [-0.39, 0.29) is 11.9 Å². The van der Waals surface area contributed by atoms with Crippen molar-refractivity contribution in [2.45, 2.75) is 19.9 Å². The van der Waals surface area contributed by atoms with Crippen molar-refractivity contribution in [2.75, 3.05) is 0 Å². The van der Waals surface area contributed by atoms with Gasteiger partial charge in [0.2, 0.25) is 0 Å². The van der Waals surface area contributed by atoms with Gasteiger partial charge in [0.25, 0.3) is 5.91 Å². The van der Waals surface area contributed by atoms with Crippen molar-refractivity contribution >= 4 is 17.2 Å². The van der Waals surface area contributed by atoms with Crippen molar-refractivity contribution in [2.24, 2.45) is 4.99 Å². The topological polar surface area (TPSA) is 34.4 Å². The van der Waals surface area contributed by atoms with Crippen molar-refractivity contribution in [1.29, 1.82) is 0 Å². The van der Waals surface area contributed by atoms with E-state index >= 15 is 0 Å². The molecule has 3 nitrogen and oxygen atoms in total. The van der Waals surface area contributed by atoms with Crippen LogP contribution in [-0.4, -0.2) is 16.5 Å². The SMILES string of the molecule is CC(C)N=c1ccccn1C(=O)c1ccsc1. The molecule has 0 saturated carbocycles. The van der Waals surface area contributed by atoms with Gasteiger partial charge in [-0.1, -0.05) is 6.07 Å². The smallest absolute Gasteiger partial charge is 0.264 e. The summed E-state index contributed by atoms with van der Waals surface area (Å²) in [5.41, 5.74) is 1.39. The molecule has 0 aliphatic rings. The minimum Gasteiger partial charge on any atom is -0.268 e. The Bertz CT molecular complexity index is 567. The fourth-order valence-corrected chi connectivity index (χ4v) is 2.13. The van der Waals surface area contributed by atoms with E-state index in [2.05, 4.69) is 4.99 Å². The second kappa shape index (κ2) is 5.10. The molecule has 0 radical (unpaired) electrons. The van der Waals surface area contributed by atoms with Crippen molar-refractivity contribution < 1.29 is 4.79 Å². The van der Waals surface area contributed by atoms with Crippen molar-refractivity contribution in [3.8, 4) is 0 Å². The molecule has 2 heterocycles. The van der Waals surface area contributed by atoms with Gasteiger partial charge in [-0.25, -0.2) is 0 Å². The average Bonchev–Trinajstić information content (AvgIpc) is 2.81. The van der Waals surface area contributed by atoms with Gasteiger partial charge in [-0.2, -0.15) is 11.3 Å². The van der Waals surface area contributed by atoms with Crippen molar-refractivity contribution in [1.82, 2.24) is 4.57 Å². The molecule has 0 amide bonds. The minimum atomic E-state index is -0.0359. The number of hydrogen-bond donors (Lipinski definition) is 0. The molecule has 0 saturated heterocycles. The number of nitrogens with zero attached hydrogens (tertiary/aromatic N) is 2. The second-order valence-corrected chi connectivity index (χ2v) is 4.75. The number of pyridine rings is 1. The number of carbonyl (C=O) groups is 1. The first-order valence-corrected chi connectivity index (χ1v) is 6.41. The highest BCUT2D eigenvalue weighted by atomic mass is 32.1. The van der Waals surface area contributed by atoms with E-state index in [0.29, 0.717) is 11.1 Å². The van der Waals surface area contributed by atoms with Crippen LogP contribution in [0.2, 0.25) is 0 Å². The van der Waals surface area contributed by atoms with Crippen LogP contribution in [-0.2, 0) is 0 Å². The number of rotatable bonds is 2. The first kappa shape index (κ1) is 11.8. The van der Waals surface area contributed by atoms with E-state index in [0.717, 1.165) is 0 Å². The number of hydrogen-bond acceptors (Lipinski definition) is 3. The molecule has 0 bridgehead atoms. The van der Waals surface area contributed by atoms with Gasteiger partial charge in [-0.05, 0) is 37.4 Å². The Balaban J connectivity index is 2.50. The Morgan fingerprint density at radius 3 is 2.82 bits per heavy atom. The molecule has 0 aliphatic heterocycles. The average molecular weight is 246 g/mol. The fraction of sp³-hybridized carbons (Fsp3) is 0.231. The Morgan fingerprint density at radius 1 is 1.35 bits per heavy atom. The quantitative estimate of drug-likeness (QED) is 0.802. The summed E-state index contributed by atoms with van der Waals surface area (Å²) >= 11 is 1.52. The van der Waals surface area contributed by atoms with Crippen LogP contribution in [0.25, 0.3) is 0 Å². The van der Waals surface area contributed by atoms with E-state index in [4.69, 9.17) is 0 Å². The second-order valence-electron chi connectivity index (χ2n) is 3.97. The van der Waals surface area contributed by atoms with Gasteiger partial charge in [-0.15, -0.1) is 0 Å². The summed E-state index contributed by atoms with van der Waals surface area (Å²) in [5, 5.41) is 3.75. The minimum absolute atomic E-state index is 0.0359. The summed E-state index contributed by atoms with van der Waals surface area (Å²) < 4.78 is 1.59. The lowest BCUT2D eigenvalue weighted by molar-refractivity contribution is 0.0955. The van der Waals surface area contributed by atoms with Gasteiger partial charge in [0.15, 0.2) is 0 Å². The molecule has 2 aromatic rings. The molecule has 0 aliphatic carbocycles. The normalized spacial score (nSPS) is 12.1. The van der Waals surface area contributed by atoms with E-state index in [1.807, 2.05) is 48.9 Å². The highest BCUT2D eigenvalue weighted by molar-refractivity contribution is 7.08. The van der Waals surface area contributed by atoms with Crippen molar-refractivity contribution in [3.63, 3.8) is 0 Å². The van der Waals surface area contributed by atoms with Gasteiger partial charge < -0.3 is 0 Å². The molecule has 88 valence electrons. The largest absolute Gasteiger partial charge is 0.268 e. The highest BCUT2D eigenvalue weighted by Crippen LogP contribution is 2.07. The molecule has 2 rings (SSSR count). The van der Waals surface area contributed by atoms with Gasteiger partial charge in [0.1, 0.15) is 5.49 Å². The standard InChI is InChI=1S/C13H14N2OS/c1-10(2)14-12-5-3-4-7-15(12)13(16)11-6-8-17-9-11/h3-10H,1-2H3. The van der Waals surface area contributed by atoms with E-state index in [1.165, 1.54) is 11.3 Å². The number of carbonyl (C=O) groups excluding carboxylic acids is 1. The molecular formula is C13H14N2OS. The molecule has 0 spiro atoms. The van der Waals surface area contributed by atoms with Crippen LogP contribution >= 0.6 is 11.3 Å². The first-order chi connectivity index (χ1) is 8.18. The molecule has 0 N–H and O–H groups in total. The van der Waals surface area contributed by atoms with Crippen LogP contribution in [0, 0.1) is 0 Å². The third kappa shape index (κ3) is 2.71. The third-order valence-corrected chi connectivity index (χ3v) is 2.90. The van der Waals surface area contributed by atoms with Gasteiger partial charge in [0.05, 0.1) is 5.56 Å². The molecule has 0 fully saturated rings. The van der Waals surface area contributed by atoms with E-state index in [1.54, 1.807) is 10.8 Å². The zero-order chi connectivity index (χ0) is 12.3. The zero-order valence-corrected chi connectivity index (χ0v) is 10.6. The monoisotopic (exact) mass is 246 g/mol. The number of aromatic nitrogens is 1. The molecule has 0 aromatic carbocycles. The highest BCUT2D eigenvalue weighted by Gasteiger charge is 2.08. The maximum atomic E-state index is 12.2. The lowest BCUT2D eigenvalue weighted by Gasteiger charge is -2.05. The molecule has 4 heteroatoms. The maximum Gasteiger partial charge on any atom is 0.264 e. The summed E-state index contributed by atoms with van der Waals surface area (Å²) in [6.45, 7) is 3.98. The molecule has 0 atom stereocenters. The lowest BCUT2D eigenvalue weighted by atomic mass is 10.3. The van der Waals surface area contributed by atoms with Crippen LogP contribution in [0.4, 0.5) is 0 Å². The Hall–Kier alpha value is -1.68. The van der Waals surface area contributed by atoms with Crippen molar-refractivity contribution in [3.05, 3.63) is 52.3 Å². The lowest BCUT2D eigenvalue weighted by Crippen LogP contribution is -2.27. The van der Waals surface area contributed by atoms with Gasteiger partial charge in [0, 0.05) is 17.6 Å². The van der Waals surface area contributed by atoms with E-state index in [9.17, 15) is 4.79 Å². The Kier molecular flexibility index (Phi) is 3.54. The Labute approximate surface area is 104 Å². The molecular weight excluding hydrogens is 232 g/mol. The predicted octanol–water partition coefficient (Wildman–Crippen LogP) is 2.55. The zero-order valence-electron chi connectivity index (χ0n) is 9.83. The Morgan fingerprint density at radius 2 is 2.18 bits per heavy atom. The molecule has 17 heavy (non-hydrogen) atoms. The van der Waals surface area contributed by atoms with Crippen LogP contribution in [0.15, 0.2) is 46.2 Å². The molecule has 0 unspecified atom stereocenters. The summed E-state index contributed by atoms with van der Waals surface area (Å²) in [6.07, 6.45) is 1.75. The summed E-state index contributed by atoms with van der Waals surface area (Å²) in [7, 11) is 0. The van der Waals surface area contributed by atoms with Gasteiger partial charge in [-0.3, -0.25) is 14.4 Å². The van der Waals surface area contributed by atoms with Gasteiger partial charge >= 0.3 is 0 Å². The van der Waals surface area contributed by atoms with Crippen LogP contribution in [0.1, 0.15) is 24.2 Å². The summed E-state index contributed by atoms with van der Waals surface area (Å²) in [6, 6.07) is 7.57. The van der Waals surface area contributed by atoms with Crippen LogP contribution in [0.5, 0.6) is 0 Å². The summed E-state index contributed by atoms with van der Waals surface area (Å²) in [4.78, 5) is 16.7. The molecule has 2 aromatic heterocycles. The maximum absolute atomic E-state index is 12.2. The third-order valence-electron chi connectivity index (χ3n) is 2.22. The first-order valence-electron chi connectivity index (χ1n) is 5.47. The summed E-state index contributed by atoms with van der Waals surface area (Å²) in [5.74, 6) is -0.0359.